The van der Waals surface area contributed by atoms with E-state index in [2.05, 4.69) is 74.5 Å². The molecule has 0 radical (unpaired) electrons. The topological polar surface area (TPSA) is 73.2 Å². The molecule has 1 N–H and O–H groups in total. The molecule has 1 unspecified atom stereocenters. The molecule has 190 valence electrons. The lowest BCUT2D eigenvalue weighted by Gasteiger charge is -2.38. The van der Waals surface area contributed by atoms with Gasteiger partial charge in [-0.1, -0.05) is 68.4 Å². The Morgan fingerprint density at radius 2 is 1.75 bits per heavy atom. The molecule has 0 saturated carbocycles. The molecule has 3 aromatic rings. The zero-order valence-electron chi connectivity index (χ0n) is 22.0. The van der Waals surface area contributed by atoms with E-state index in [9.17, 15) is 9.59 Å². The molecular weight excluding hydrogens is 450 g/mol. The number of aromatic nitrogens is 2. The third-order valence-electron chi connectivity index (χ3n) is 7.72. The molecule has 0 saturated heterocycles. The van der Waals surface area contributed by atoms with E-state index in [1.54, 1.807) is 6.20 Å². The van der Waals surface area contributed by atoms with Gasteiger partial charge in [-0.2, -0.15) is 5.10 Å². The molecule has 6 nitrogen and oxygen atoms in total. The fourth-order valence-electron chi connectivity index (χ4n) is 5.39. The van der Waals surface area contributed by atoms with Crippen LogP contribution in [0.25, 0.3) is 0 Å². The summed E-state index contributed by atoms with van der Waals surface area (Å²) in [6.45, 7) is 10.3. The van der Waals surface area contributed by atoms with Crippen molar-refractivity contribution in [2.45, 2.75) is 83.9 Å². The molecule has 0 spiro atoms. The second-order valence-corrected chi connectivity index (χ2v) is 10.5. The van der Waals surface area contributed by atoms with E-state index in [0.717, 1.165) is 36.2 Å². The number of rotatable bonds is 9. The van der Waals surface area contributed by atoms with Crippen molar-refractivity contribution < 1.29 is 14.3 Å². The average Bonchev–Trinajstić information content (AvgIpc) is 3.32. The van der Waals surface area contributed by atoms with Crippen molar-refractivity contribution in [3.63, 3.8) is 0 Å². The Morgan fingerprint density at radius 3 is 2.36 bits per heavy atom. The molecule has 0 aliphatic carbocycles. The molecular formula is C30H37N3O3. The van der Waals surface area contributed by atoms with Gasteiger partial charge < -0.3 is 10.1 Å². The third-order valence-corrected chi connectivity index (χ3v) is 7.72. The van der Waals surface area contributed by atoms with Gasteiger partial charge >= 0.3 is 5.97 Å². The minimum Gasteiger partial charge on any atom is -0.461 e. The van der Waals surface area contributed by atoms with Crippen LogP contribution >= 0.6 is 0 Å². The van der Waals surface area contributed by atoms with Gasteiger partial charge in [-0.15, -0.1) is 0 Å². The first-order valence-electron chi connectivity index (χ1n) is 12.8. The van der Waals surface area contributed by atoms with Crippen LogP contribution in [0.15, 0.2) is 60.8 Å². The highest BCUT2D eigenvalue weighted by atomic mass is 16.5. The number of hydrogen-bond acceptors (Lipinski definition) is 5. The number of fused-ring (bicyclic) bond motifs is 1. The molecule has 1 aromatic heterocycles. The molecule has 0 bridgehead atoms. The largest absolute Gasteiger partial charge is 0.461 e. The lowest BCUT2D eigenvalue weighted by atomic mass is 9.71. The van der Waals surface area contributed by atoms with Crippen molar-refractivity contribution >= 4 is 17.6 Å². The van der Waals surface area contributed by atoms with E-state index >= 15 is 0 Å². The number of carbonyl (C=O) groups is 2. The van der Waals surface area contributed by atoms with Crippen molar-refractivity contribution in [1.82, 2.24) is 9.78 Å². The van der Waals surface area contributed by atoms with Crippen LogP contribution in [0.5, 0.6) is 0 Å². The lowest BCUT2D eigenvalue weighted by Crippen LogP contribution is -2.38. The van der Waals surface area contributed by atoms with Gasteiger partial charge in [0.05, 0.1) is 23.3 Å². The summed E-state index contributed by atoms with van der Waals surface area (Å²) >= 11 is 0. The Balaban J connectivity index is 1.60. The summed E-state index contributed by atoms with van der Waals surface area (Å²) in [6, 6.07) is 18.6. The summed E-state index contributed by atoms with van der Waals surface area (Å²) in [6.07, 6.45) is 4.70. The molecule has 36 heavy (non-hydrogen) atoms. The van der Waals surface area contributed by atoms with Crippen LogP contribution in [0.1, 0.15) is 93.4 Å². The predicted molar refractivity (Wildman–Crippen MR) is 142 cm³/mol. The molecule has 1 aliphatic rings. The Morgan fingerprint density at radius 1 is 1.08 bits per heavy atom. The van der Waals surface area contributed by atoms with E-state index in [0.29, 0.717) is 12.0 Å². The summed E-state index contributed by atoms with van der Waals surface area (Å²) in [7, 11) is 0. The maximum atomic E-state index is 13.8. The van der Waals surface area contributed by atoms with Crippen molar-refractivity contribution in [3.05, 3.63) is 83.0 Å². The summed E-state index contributed by atoms with van der Waals surface area (Å²) in [5.74, 6) is 0.612. The number of nitrogens with one attached hydrogen (secondary N) is 1. The molecule has 2 aromatic carbocycles. The Hall–Kier alpha value is -3.41. The number of ether oxygens (including phenoxy) is 1. The summed E-state index contributed by atoms with van der Waals surface area (Å²) in [5, 5.41) is 8.28. The van der Waals surface area contributed by atoms with E-state index in [-0.39, 0.29) is 35.4 Å². The summed E-state index contributed by atoms with van der Waals surface area (Å²) < 4.78 is 7.10. The first-order valence-corrected chi connectivity index (χ1v) is 12.8. The second-order valence-electron chi connectivity index (χ2n) is 10.5. The van der Waals surface area contributed by atoms with Crippen LogP contribution in [-0.2, 0) is 27.1 Å². The molecule has 4 rings (SSSR count). The SMILES string of the molecule is CCC(CC)(CC(=O)c1cnn2c1NC(c1ccccc1)CC2(C)C)c1ccc(COC(C)=O)cc1. The zero-order chi connectivity index (χ0) is 25.9. The van der Waals surface area contributed by atoms with Gasteiger partial charge in [0, 0.05) is 18.8 Å². The Kier molecular flexibility index (Phi) is 7.34. The lowest BCUT2D eigenvalue weighted by molar-refractivity contribution is -0.142. The number of ketones is 1. The fraction of sp³-hybridized carbons (Fsp3) is 0.433. The first kappa shape index (κ1) is 25.7. The molecule has 1 atom stereocenters. The molecule has 0 amide bonds. The number of anilines is 1. The van der Waals surface area contributed by atoms with Crippen LogP contribution in [-0.4, -0.2) is 21.5 Å². The highest BCUT2D eigenvalue weighted by molar-refractivity contribution is 6.01. The second kappa shape index (κ2) is 10.3. The van der Waals surface area contributed by atoms with E-state index in [1.807, 2.05) is 22.9 Å². The maximum Gasteiger partial charge on any atom is 0.302 e. The van der Waals surface area contributed by atoms with Crippen LogP contribution in [0.3, 0.4) is 0 Å². The van der Waals surface area contributed by atoms with Gasteiger partial charge in [0.15, 0.2) is 5.78 Å². The van der Waals surface area contributed by atoms with Crippen molar-refractivity contribution in [3.8, 4) is 0 Å². The predicted octanol–water partition coefficient (Wildman–Crippen LogP) is 6.57. The molecule has 2 heterocycles. The zero-order valence-corrected chi connectivity index (χ0v) is 22.0. The average molecular weight is 488 g/mol. The van der Waals surface area contributed by atoms with Crippen LogP contribution in [0.4, 0.5) is 5.82 Å². The van der Waals surface area contributed by atoms with E-state index < -0.39 is 0 Å². The monoisotopic (exact) mass is 487 g/mol. The van der Waals surface area contributed by atoms with Crippen LogP contribution in [0.2, 0.25) is 0 Å². The van der Waals surface area contributed by atoms with E-state index in [1.165, 1.54) is 12.5 Å². The normalized spacial score (nSPS) is 16.6. The minimum absolute atomic E-state index is 0.0981. The number of carbonyl (C=O) groups excluding carboxylic acids is 2. The number of esters is 1. The molecule has 6 heteroatoms. The van der Waals surface area contributed by atoms with Gasteiger partial charge in [0.1, 0.15) is 12.4 Å². The number of nitrogens with zero attached hydrogens (tertiary/aromatic N) is 2. The number of benzene rings is 2. The standard InChI is InChI=1S/C30H37N3O3/c1-6-30(7-2,24-15-13-22(14-16-24)20-36-21(3)34)18-27(35)25-19-31-33-28(25)32-26(17-29(33,4)5)23-11-9-8-10-12-23/h8-16,19,26,32H,6-7,17-18,20H2,1-5H3. The maximum absolute atomic E-state index is 13.8. The van der Waals surface area contributed by atoms with Crippen molar-refractivity contribution in [2.24, 2.45) is 0 Å². The van der Waals surface area contributed by atoms with Crippen molar-refractivity contribution in [2.75, 3.05) is 5.32 Å². The molecule has 0 fully saturated rings. The van der Waals surface area contributed by atoms with Gasteiger partial charge in [-0.05, 0) is 49.8 Å². The smallest absolute Gasteiger partial charge is 0.302 e. The minimum atomic E-state index is -0.295. The van der Waals surface area contributed by atoms with Crippen molar-refractivity contribution in [1.29, 1.82) is 0 Å². The first-order chi connectivity index (χ1) is 17.2. The molecule has 1 aliphatic heterocycles. The van der Waals surface area contributed by atoms with Gasteiger partial charge in [-0.25, -0.2) is 4.68 Å². The van der Waals surface area contributed by atoms with E-state index in [4.69, 9.17) is 4.74 Å². The summed E-state index contributed by atoms with van der Waals surface area (Å²) in [5.41, 5.74) is 3.43. The van der Waals surface area contributed by atoms with Crippen LogP contribution in [0, 0.1) is 0 Å². The van der Waals surface area contributed by atoms with Gasteiger partial charge in [0.2, 0.25) is 0 Å². The Bertz CT molecular complexity index is 1210. The fourth-order valence-corrected chi connectivity index (χ4v) is 5.39. The number of Topliss-reactive ketones (excluding diaryl/α,β-unsaturated/α-hetero) is 1. The summed E-state index contributed by atoms with van der Waals surface area (Å²) in [4.78, 5) is 25.0. The Labute approximate surface area is 214 Å². The highest BCUT2D eigenvalue weighted by Gasteiger charge is 2.38. The quantitative estimate of drug-likeness (QED) is 0.273. The third kappa shape index (κ3) is 5.08. The van der Waals surface area contributed by atoms with Gasteiger partial charge in [0.25, 0.3) is 0 Å². The van der Waals surface area contributed by atoms with Crippen LogP contribution < -0.4 is 5.32 Å². The van der Waals surface area contributed by atoms with Gasteiger partial charge in [-0.3, -0.25) is 9.59 Å². The highest BCUT2D eigenvalue weighted by Crippen LogP contribution is 2.42. The number of hydrogen-bond donors (Lipinski definition) is 1.